The molecule has 4 aromatic rings. The van der Waals surface area contributed by atoms with Crippen molar-refractivity contribution in [2.24, 2.45) is 20.5 Å². The molecule has 0 bridgehead atoms. The summed E-state index contributed by atoms with van der Waals surface area (Å²) in [5, 5.41) is 79.7. The molecular weight excluding hydrogens is 613 g/mol. The summed E-state index contributed by atoms with van der Waals surface area (Å²) in [6, 6.07) is 6.87. The van der Waals surface area contributed by atoms with Crippen LogP contribution >= 0.6 is 0 Å². The molecule has 0 saturated carbocycles. The monoisotopic (exact) mass is 640 g/mol. The van der Waals surface area contributed by atoms with Gasteiger partial charge >= 0.3 is 0 Å². The molecule has 2 heterocycles. The molecule has 0 aliphatic rings. The Balaban J connectivity index is 0.000000293. The molecule has 43 heavy (non-hydrogen) atoms. The molecule has 17 nitrogen and oxygen atoms in total. The van der Waals surface area contributed by atoms with Crippen LogP contribution in [0, 0.1) is 34.1 Å². The van der Waals surface area contributed by atoms with Gasteiger partial charge in [-0.25, -0.2) is 4.68 Å². The van der Waals surface area contributed by atoms with E-state index in [9.17, 15) is 40.7 Å². The summed E-state index contributed by atoms with van der Waals surface area (Å²) in [7, 11) is 0. The molecule has 229 valence electrons. The van der Waals surface area contributed by atoms with E-state index in [4.69, 9.17) is 0 Å². The number of aromatic nitrogens is 3. The average molecular weight is 640 g/mol. The van der Waals surface area contributed by atoms with Crippen molar-refractivity contribution in [1.82, 2.24) is 14.3 Å². The number of hydrogen-bond donors (Lipinski definition) is 4. The molecular formula is C25H27CoN9O8. The molecule has 0 atom stereocenters. The predicted molar refractivity (Wildman–Crippen MR) is 149 cm³/mol. The number of hydrogen-bond acceptors (Lipinski definition) is 13. The average Bonchev–Trinajstić information content (AvgIpc) is 3.39. The van der Waals surface area contributed by atoms with Crippen LogP contribution in [0.5, 0.6) is 23.3 Å². The van der Waals surface area contributed by atoms with Crippen molar-refractivity contribution in [3.8, 4) is 23.3 Å². The van der Waals surface area contributed by atoms with E-state index >= 15 is 0 Å². The minimum Gasteiger partial charge on any atom is -0.506 e. The summed E-state index contributed by atoms with van der Waals surface area (Å²) in [4.78, 5) is 20.2. The first-order chi connectivity index (χ1) is 19.9. The Morgan fingerprint density at radius 3 is 1.65 bits per heavy atom. The van der Waals surface area contributed by atoms with Gasteiger partial charge in [0.05, 0.1) is 15.5 Å². The van der Waals surface area contributed by atoms with Gasteiger partial charge in [0.2, 0.25) is 11.8 Å². The maximum atomic E-state index is 10.7. The van der Waals surface area contributed by atoms with Crippen molar-refractivity contribution in [3.63, 3.8) is 0 Å². The molecule has 2 aromatic heterocycles. The minimum atomic E-state index is -0.601. The molecule has 1 radical (unpaired) electrons. The van der Waals surface area contributed by atoms with Gasteiger partial charge in [-0.15, -0.1) is 20.5 Å². The maximum absolute atomic E-state index is 10.7. The third-order valence-corrected chi connectivity index (χ3v) is 5.77. The number of nitro benzene ring substituents is 2. The van der Waals surface area contributed by atoms with Gasteiger partial charge in [0, 0.05) is 60.3 Å². The van der Waals surface area contributed by atoms with E-state index in [0.717, 1.165) is 24.3 Å². The van der Waals surface area contributed by atoms with E-state index in [1.807, 2.05) is 6.92 Å². The normalized spacial score (nSPS) is 10.9. The summed E-state index contributed by atoms with van der Waals surface area (Å²) >= 11 is 0. The second-order valence-electron chi connectivity index (χ2n) is 8.60. The van der Waals surface area contributed by atoms with E-state index < -0.39 is 9.85 Å². The van der Waals surface area contributed by atoms with Crippen LogP contribution in [-0.2, 0) is 29.9 Å². The number of aryl methyl sites for hydroxylation is 4. The Hall–Kier alpha value is -5.36. The second kappa shape index (κ2) is 14.5. The van der Waals surface area contributed by atoms with Crippen molar-refractivity contribution < 1.29 is 47.1 Å². The molecule has 0 aliphatic carbocycles. The van der Waals surface area contributed by atoms with Crippen molar-refractivity contribution >= 4 is 34.1 Å². The zero-order valence-electron chi connectivity index (χ0n) is 23.2. The number of phenols is 2. The van der Waals surface area contributed by atoms with Crippen molar-refractivity contribution in [2.75, 3.05) is 0 Å². The van der Waals surface area contributed by atoms with Gasteiger partial charge in [-0.3, -0.25) is 20.2 Å². The number of aromatic hydroxyl groups is 4. The first-order valence-electron chi connectivity index (χ1n) is 12.3. The number of azo groups is 2. The molecule has 0 unspecified atom stereocenters. The van der Waals surface area contributed by atoms with Crippen LogP contribution in [0.4, 0.5) is 34.1 Å². The second-order valence-corrected chi connectivity index (χ2v) is 8.60. The summed E-state index contributed by atoms with van der Waals surface area (Å²) in [6.07, 6.45) is 1.72. The Morgan fingerprint density at radius 1 is 0.767 bits per heavy atom. The standard InChI is InChI=1S/C13H14N4O4.C12H13N5O4.Co/c1-3-16-7-8(2)12(13(16)19)15-14-10-6-9(17(20)21)4-5-11(10)18;1-3-16-12(19)11(7(2)15-16)14-13-9-6-8(17(20)21)4-5-10(9)18;/h4-7,18-19H,3H2,1-2H3;4-6,18-19H,3H2,1-2H3;. The number of nitro groups is 2. The van der Waals surface area contributed by atoms with Crippen LogP contribution in [0.2, 0.25) is 0 Å². The number of rotatable bonds is 8. The van der Waals surface area contributed by atoms with Crippen LogP contribution in [0.25, 0.3) is 0 Å². The Kier molecular flexibility index (Phi) is 11.4. The van der Waals surface area contributed by atoms with Crippen molar-refractivity contribution in [2.45, 2.75) is 40.8 Å². The molecule has 0 amide bonds. The number of non-ortho nitro benzene ring substituents is 2. The van der Waals surface area contributed by atoms with Gasteiger partial charge in [0.15, 0.2) is 11.4 Å². The third kappa shape index (κ3) is 7.89. The van der Waals surface area contributed by atoms with Crippen LogP contribution in [0.15, 0.2) is 63.1 Å². The Bertz CT molecular complexity index is 1570. The fourth-order valence-electron chi connectivity index (χ4n) is 3.55. The van der Waals surface area contributed by atoms with Crippen molar-refractivity contribution in [3.05, 3.63) is 74.1 Å². The quantitative estimate of drug-likeness (QED) is 0.0932. The van der Waals surface area contributed by atoms with Gasteiger partial charge in [-0.1, -0.05) is 0 Å². The molecule has 4 rings (SSSR count). The molecule has 0 fully saturated rings. The third-order valence-electron chi connectivity index (χ3n) is 5.77. The molecule has 0 spiro atoms. The van der Waals surface area contributed by atoms with E-state index in [0.29, 0.717) is 24.3 Å². The summed E-state index contributed by atoms with van der Waals surface area (Å²) in [5.41, 5.74) is 1.08. The summed E-state index contributed by atoms with van der Waals surface area (Å²) in [5.74, 6) is -0.659. The van der Waals surface area contributed by atoms with E-state index in [1.165, 1.54) is 16.8 Å². The largest absolute Gasteiger partial charge is 0.506 e. The molecule has 0 saturated heterocycles. The SMILES string of the molecule is CCn1cc(C)c(N=Nc2cc([N+](=O)[O-])ccc2O)c1O.CCn1nc(C)c(N=Nc2cc([N+](=O)[O-])ccc2O)c1O.[Co]. The van der Waals surface area contributed by atoms with Crippen LogP contribution in [0.3, 0.4) is 0 Å². The first-order valence-corrected chi connectivity index (χ1v) is 12.3. The smallest absolute Gasteiger partial charge is 0.271 e. The summed E-state index contributed by atoms with van der Waals surface area (Å²) < 4.78 is 2.94. The first kappa shape index (κ1) is 33.8. The van der Waals surface area contributed by atoms with Crippen LogP contribution < -0.4 is 0 Å². The minimum absolute atomic E-state index is 0. The summed E-state index contributed by atoms with van der Waals surface area (Å²) in [6.45, 7) is 8.11. The number of phenolic OH excluding ortho intramolecular Hbond substituents is 2. The maximum Gasteiger partial charge on any atom is 0.271 e. The van der Waals surface area contributed by atoms with Gasteiger partial charge in [0.25, 0.3) is 11.4 Å². The molecule has 2 aromatic carbocycles. The van der Waals surface area contributed by atoms with E-state index in [2.05, 4.69) is 25.6 Å². The zero-order chi connectivity index (χ0) is 31.1. The zero-order valence-corrected chi connectivity index (χ0v) is 24.3. The number of nitrogens with zero attached hydrogens (tertiary/aromatic N) is 9. The van der Waals surface area contributed by atoms with Crippen molar-refractivity contribution in [1.29, 1.82) is 0 Å². The fourth-order valence-corrected chi connectivity index (χ4v) is 3.55. The van der Waals surface area contributed by atoms with E-state index in [1.54, 1.807) is 31.5 Å². The van der Waals surface area contributed by atoms with Gasteiger partial charge in [0.1, 0.15) is 22.9 Å². The topological polar surface area (TPSA) is 239 Å². The van der Waals surface area contributed by atoms with E-state index in [-0.39, 0.29) is 74.2 Å². The van der Waals surface area contributed by atoms with Crippen LogP contribution in [0.1, 0.15) is 25.1 Å². The molecule has 4 N–H and O–H groups in total. The van der Waals surface area contributed by atoms with Gasteiger partial charge in [-0.2, -0.15) is 5.10 Å². The predicted octanol–water partition coefficient (Wildman–Crippen LogP) is 6.49. The number of benzene rings is 2. The fraction of sp³-hybridized carbons (Fsp3) is 0.240. The van der Waals surface area contributed by atoms with Gasteiger partial charge in [-0.05, 0) is 45.4 Å². The molecule has 0 aliphatic heterocycles. The Morgan fingerprint density at radius 2 is 1.26 bits per heavy atom. The molecule has 18 heteroatoms. The van der Waals surface area contributed by atoms with Gasteiger partial charge < -0.3 is 25.0 Å². The Labute approximate surface area is 254 Å². The van der Waals surface area contributed by atoms with Crippen LogP contribution in [-0.4, -0.2) is 44.6 Å².